The number of rotatable bonds is 7. The van der Waals surface area contributed by atoms with Crippen LogP contribution >= 0.6 is 11.3 Å². The quantitative estimate of drug-likeness (QED) is 0.776. The van der Waals surface area contributed by atoms with Crippen molar-refractivity contribution in [1.82, 2.24) is 10.2 Å². The maximum Gasteiger partial charge on any atom is 0.239 e. The summed E-state index contributed by atoms with van der Waals surface area (Å²) in [6.07, 6.45) is 1.30. The Labute approximate surface area is 129 Å². The van der Waals surface area contributed by atoms with Crippen LogP contribution in [0, 0.1) is 0 Å². The van der Waals surface area contributed by atoms with E-state index < -0.39 is 0 Å². The molecule has 1 aliphatic rings. The minimum absolute atomic E-state index is 0.0155. The van der Waals surface area contributed by atoms with Crippen molar-refractivity contribution in [2.45, 2.75) is 25.8 Å². The van der Waals surface area contributed by atoms with Crippen molar-refractivity contribution in [3.05, 3.63) is 22.4 Å². The fraction of sp³-hybridized carbons (Fsp3) is 0.600. The first kappa shape index (κ1) is 16.1. The summed E-state index contributed by atoms with van der Waals surface area (Å²) >= 11 is 1.48. The van der Waals surface area contributed by atoms with Crippen LogP contribution in [0.5, 0.6) is 0 Å². The lowest BCUT2D eigenvalue weighted by molar-refractivity contribution is -0.132. The van der Waals surface area contributed by atoms with Gasteiger partial charge in [-0.15, -0.1) is 11.3 Å². The highest BCUT2D eigenvalue weighted by Gasteiger charge is 2.28. The van der Waals surface area contributed by atoms with Crippen LogP contribution in [0.3, 0.4) is 0 Å². The first-order valence-corrected chi connectivity index (χ1v) is 8.26. The number of nitrogens with zero attached hydrogens (tertiary/aromatic N) is 1. The molecular formula is C15H22N2O3S. The zero-order valence-corrected chi connectivity index (χ0v) is 13.2. The predicted molar refractivity (Wildman–Crippen MR) is 82.7 cm³/mol. The van der Waals surface area contributed by atoms with Crippen LogP contribution in [0.2, 0.25) is 0 Å². The molecule has 116 valence electrons. The lowest BCUT2D eigenvalue weighted by atomic mass is 10.1. The van der Waals surface area contributed by atoms with E-state index in [0.717, 1.165) is 24.4 Å². The summed E-state index contributed by atoms with van der Waals surface area (Å²) < 4.78 is 5.40. The minimum atomic E-state index is -0.226. The molecule has 1 atom stereocenters. The largest absolute Gasteiger partial charge is 0.378 e. The Balaban J connectivity index is 1.79. The van der Waals surface area contributed by atoms with Crippen LogP contribution in [0.15, 0.2) is 17.5 Å². The number of carbonyl (C=O) groups is 2. The van der Waals surface area contributed by atoms with Gasteiger partial charge in [-0.25, -0.2) is 0 Å². The number of nitrogens with one attached hydrogen (secondary N) is 1. The highest BCUT2D eigenvalue weighted by atomic mass is 32.1. The Morgan fingerprint density at radius 2 is 2.38 bits per heavy atom. The molecule has 0 radical (unpaired) electrons. The monoisotopic (exact) mass is 310 g/mol. The molecule has 0 aromatic carbocycles. The summed E-state index contributed by atoms with van der Waals surface area (Å²) in [6, 6.07) is 3.53. The van der Waals surface area contributed by atoms with Crippen LogP contribution in [0.25, 0.3) is 0 Å². The Kier molecular flexibility index (Phi) is 6.35. The van der Waals surface area contributed by atoms with Gasteiger partial charge in [-0.05, 0) is 31.3 Å². The maximum absolute atomic E-state index is 12.0. The molecule has 0 bridgehead atoms. The van der Waals surface area contributed by atoms with Crippen LogP contribution in [-0.2, 0) is 9.53 Å². The summed E-state index contributed by atoms with van der Waals surface area (Å²) in [5, 5.41) is 4.76. The van der Waals surface area contributed by atoms with Crippen molar-refractivity contribution in [2.24, 2.45) is 0 Å². The van der Waals surface area contributed by atoms with Crippen LogP contribution in [0.1, 0.15) is 29.4 Å². The predicted octanol–water partition coefficient (Wildman–Crippen LogP) is 1.55. The lowest BCUT2D eigenvalue weighted by Crippen LogP contribution is -2.53. The third-order valence-electron chi connectivity index (χ3n) is 3.54. The number of hydrogen-bond acceptors (Lipinski definition) is 5. The van der Waals surface area contributed by atoms with E-state index in [-0.39, 0.29) is 17.7 Å². The van der Waals surface area contributed by atoms with Crippen molar-refractivity contribution in [3.8, 4) is 0 Å². The number of Topliss-reactive ketones (excluding diaryl/α,β-unsaturated/α-hetero) is 1. The number of ketones is 1. The highest BCUT2D eigenvalue weighted by molar-refractivity contribution is 7.12. The van der Waals surface area contributed by atoms with Crippen molar-refractivity contribution in [3.63, 3.8) is 0 Å². The van der Waals surface area contributed by atoms with Gasteiger partial charge in [0.05, 0.1) is 18.1 Å². The minimum Gasteiger partial charge on any atom is -0.378 e. The molecule has 1 amide bonds. The topological polar surface area (TPSA) is 58.6 Å². The molecule has 0 spiro atoms. The first-order chi connectivity index (χ1) is 10.2. The molecular weight excluding hydrogens is 288 g/mol. The van der Waals surface area contributed by atoms with Gasteiger partial charge in [0.25, 0.3) is 0 Å². The zero-order valence-electron chi connectivity index (χ0n) is 12.3. The van der Waals surface area contributed by atoms with Gasteiger partial charge < -0.3 is 10.1 Å². The standard InChI is InChI=1S/C15H22N2O3S/c1-2-16-15(19)12-11-20-9-8-17(12)7-3-5-13(18)14-6-4-10-21-14/h4,6,10,12H,2-3,5,7-9,11H2,1H3,(H,16,19). The molecule has 0 saturated carbocycles. The molecule has 6 heteroatoms. The number of likely N-dealkylation sites (N-methyl/N-ethyl adjacent to an activating group) is 1. The molecule has 2 heterocycles. The molecule has 1 aromatic heterocycles. The second-order valence-electron chi connectivity index (χ2n) is 5.03. The lowest BCUT2D eigenvalue weighted by Gasteiger charge is -2.34. The normalized spacial score (nSPS) is 19.4. The van der Waals surface area contributed by atoms with Gasteiger partial charge in [0.2, 0.25) is 5.91 Å². The molecule has 1 fully saturated rings. The van der Waals surface area contributed by atoms with E-state index in [1.807, 2.05) is 24.4 Å². The van der Waals surface area contributed by atoms with E-state index in [2.05, 4.69) is 10.2 Å². The highest BCUT2D eigenvalue weighted by Crippen LogP contribution is 2.14. The third-order valence-corrected chi connectivity index (χ3v) is 4.45. The summed E-state index contributed by atoms with van der Waals surface area (Å²) in [6.45, 7) is 5.11. The Hall–Kier alpha value is -1.24. The van der Waals surface area contributed by atoms with Gasteiger partial charge in [0.15, 0.2) is 5.78 Å². The molecule has 1 saturated heterocycles. The first-order valence-electron chi connectivity index (χ1n) is 7.38. The molecule has 0 aliphatic carbocycles. The number of thiophene rings is 1. The third kappa shape index (κ3) is 4.62. The van der Waals surface area contributed by atoms with E-state index in [1.54, 1.807) is 0 Å². The van der Waals surface area contributed by atoms with Gasteiger partial charge >= 0.3 is 0 Å². The summed E-state index contributed by atoms with van der Waals surface area (Å²) in [4.78, 5) is 26.9. The molecule has 1 unspecified atom stereocenters. The average Bonchev–Trinajstić information content (AvgIpc) is 3.02. The average molecular weight is 310 g/mol. The Morgan fingerprint density at radius 1 is 1.52 bits per heavy atom. The summed E-state index contributed by atoms with van der Waals surface area (Å²) in [5.41, 5.74) is 0. The van der Waals surface area contributed by atoms with E-state index in [4.69, 9.17) is 4.74 Å². The van der Waals surface area contributed by atoms with Crippen molar-refractivity contribution in [2.75, 3.05) is 32.8 Å². The number of amides is 1. The number of morpholine rings is 1. The van der Waals surface area contributed by atoms with Gasteiger partial charge in [-0.2, -0.15) is 0 Å². The fourth-order valence-electron chi connectivity index (χ4n) is 2.44. The van der Waals surface area contributed by atoms with Crippen LogP contribution < -0.4 is 5.32 Å². The van der Waals surface area contributed by atoms with E-state index in [9.17, 15) is 9.59 Å². The second-order valence-corrected chi connectivity index (χ2v) is 5.97. The van der Waals surface area contributed by atoms with Crippen molar-refractivity contribution >= 4 is 23.0 Å². The van der Waals surface area contributed by atoms with Gasteiger partial charge in [-0.1, -0.05) is 6.07 Å². The fourth-order valence-corrected chi connectivity index (χ4v) is 3.14. The van der Waals surface area contributed by atoms with Gasteiger partial charge in [0, 0.05) is 19.5 Å². The molecule has 1 aliphatic heterocycles. The second kappa shape index (κ2) is 8.26. The molecule has 21 heavy (non-hydrogen) atoms. The Morgan fingerprint density at radius 3 is 3.10 bits per heavy atom. The van der Waals surface area contributed by atoms with E-state index in [0.29, 0.717) is 26.2 Å². The van der Waals surface area contributed by atoms with Crippen molar-refractivity contribution in [1.29, 1.82) is 0 Å². The Bertz CT molecular complexity index is 461. The number of carbonyl (C=O) groups excluding carboxylic acids is 2. The maximum atomic E-state index is 12.0. The van der Waals surface area contributed by atoms with Crippen LogP contribution in [-0.4, -0.2) is 55.5 Å². The van der Waals surface area contributed by atoms with Gasteiger partial charge in [0.1, 0.15) is 6.04 Å². The molecule has 1 aromatic rings. The smallest absolute Gasteiger partial charge is 0.239 e. The number of hydrogen-bond donors (Lipinski definition) is 1. The van der Waals surface area contributed by atoms with Crippen LogP contribution in [0.4, 0.5) is 0 Å². The molecule has 5 nitrogen and oxygen atoms in total. The van der Waals surface area contributed by atoms with E-state index in [1.165, 1.54) is 11.3 Å². The SMILES string of the molecule is CCNC(=O)C1COCCN1CCCC(=O)c1cccs1. The molecule has 1 N–H and O–H groups in total. The van der Waals surface area contributed by atoms with Crippen molar-refractivity contribution < 1.29 is 14.3 Å². The van der Waals surface area contributed by atoms with E-state index >= 15 is 0 Å². The van der Waals surface area contributed by atoms with Gasteiger partial charge in [-0.3, -0.25) is 14.5 Å². The summed E-state index contributed by atoms with van der Waals surface area (Å²) in [7, 11) is 0. The molecule has 2 rings (SSSR count). The summed E-state index contributed by atoms with van der Waals surface area (Å²) in [5.74, 6) is 0.203. The zero-order chi connectivity index (χ0) is 15.1. The number of ether oxygens (including phenoxy) is 1.